The number of halogens is 3. The number of amides is 3. The third-order valence-corrected chi connectivity index (χ3v) is 8.45. The molecule has 1 aliphatic carbocycles. The first-order chi connectivity index (χ1) is 25.7. The molecule has 0 bridgehead atoms. The topological polar surface area (TPSA) is 124 Å². The molecule has 3 N–H and O–H groups in total. The van der Waals surface area contributed by atoms with Crippen LogP contribution in [0.1, 0.15) is 72.6 Å². The highest BCUT2D eigenvalue weighted by Crippen LogP contribution is 2.33. The Kier molecular flexibility index (Phi) is 11.1. The van der Waals surface area contributed by atoms with Gasteiger partial charge in [0, 0.05) is 24.8 Å². The predicted octanol–water partition coefficient (Wildman–Crippen LogP) is 9.06. The number of anilines is 1. The maximum absolute atomic E-state index is 13.9. The van der Waals surface area contributed by atoms with Gasteiger partial charge in [0.1, 0.15) is 11.3 Å². The smallest absolute Gasteiger partial charge is 0.435 e. The van der Waals surface area contributed by atoms with Crippen molar-refractivity contribution < 1.29 is 37.0 Å². The number of nitrogens with zero attached hydrogens (tertiary/aromatic N) is 2. The van der Waals surface area contributed by atoms with Gasteiger partial charge in [-0.1, -0.05) is 78.9 Å². The summed E-state index contributed by atoms with van der Waals surface area (Å²) in [5.74, 6) is -0.429. The fourth-order valence-corrected chi connectivity index (χ4v) is 5.65. The van der Waals surface area contributed by atoms with Crippen LogP contribution in [0.4, 0.5) is 28.4 Å². The van der Waals surface area contributed by atoms with Crippen molar-refractivity contribution in [3.8, 4) is 16.8 Å². The van der Waals surface area contributed by atoms with Gasteiger partial charge in [0.15, 0.2) is 11.8 Å². The molecule has 1 heterocycles. The van der Waals surface area contributed by atoms with Crippen LogP contribution in [0.5, 0.6) is 0 Å². The van der Waals surface area contributed by atoms with Crippen LogP contribution in [0, 0.1) is 5.92 Å². The second-order valence-corrected chi connectivity index (χ2v) is 14.0. The molecule has 5 aromatic rings. The Labute approximate surface area is 310 Å². The van der Waals surface area contributed by atoms with Crippen molar-refractivity contribution in [2.45, 2.75) is 58.0 Å². The van der Waals surface area contributed by atoms with Crippen LogP contribution in [0.25, 0.3) is 16.8 Å². The third-order valence-electron chi connectivity index (χ3n) is 8.45. The minimum absolute atomic E-state index is 0.0152. The number of carbonyl (C=O) groups is 3. The average molecular weight is 740 g/mol. The Balaban J connectivity index is 1.25. The van der Waals surface area contributed by atoms with Gasteiger partial charge in [0.05, 0.1) is 5.69 Å². The van der Waals surface area contributed by atoms with Gasteiger partial charge in [0.25, 0.3) is 5.91 Å². The van der Waals surface area contributed by atoms with Gasteiger partial charge in [-0.3, -0.25) is 4.79 Å². The predicted molar refractivity (Wildman–Crippen MR) is 197 cm³/mol. The number of carbonyl (C=O) groups excluding carboxylic acids is 3. The zero-order valence-electron chi connectivity index (χ0n) is 29.9. The summed E-state index contributed by atoms with van der Waals surface area (Å²) in [7, 11) is 0. The second-order valence-electron chi connectivity index (χ2n) is 14.0. The lowest BCUT2D eigenvalue weighted by Crippen LogP contribution is -2.32. The maximum atomic E-state index is 13.9. The van der Waals surface area contributed by atoms with Gasteiger partial charge in [0.2, 0.25) is 0 Å². The fourth-order valence-electron chi connectivity index (χ4n) is 5.65. The quantitative estimate of drug-likeness (QED) is 0.124. The van der Waals surface area contributed by atoms with Crippen molar-refractivity contribution in [3.05, 3.63) is 137 Å². The van der Waals surface area contributed by atoms with Crippen molar-refractivity contribution in [3.63, 3.8) is 0 Å². The molecule has 1 atom stereocenters. The van der Waals surface area contributed by atoms with Gasteiger partial charge in [-0.25, -0.2) is 14.3 Å². The lowest BCUT2D eigenvalue weighted by atomic mass is 9.97. The molecule has 4 aromatic carbocycles. The lowest BCUT2D eigenvalue weighted by Gasteiger charge is -2.20. The van der Waals surface area contributed by atoms with Crippen molar-refractivity contribution in [1.29, 1.82) is 0 Å². The monoisotopic (exact) mass is 739 g/mol. The number of alkyl carbamates (subject to hydrolysis) is 2. The SMILES string of the molecule is CC(C)(C)OC(=O)NCc1cccc(-n2nc(C(F)(F)F)cc2C(=O)Nc2cccc(C(OC(=O)NCC3CC3)c3ccc(-c4ccccc4)cc3)c2)c1. The number of hydrogen-bond donors (Lipinski definition) is 3. The largest absolute Gasteiger partial charge is 0.444 e. The zero-order chi connectivity index (χ0) is 38.5. The first kappa shape index (κ1) is 37.6. The van der Waals surface area contributed by atoms with Gasteiger partial charge < -0.3 is 25.4 Å². The van der Waals surface area contributed by atoms with Gasteiger partial charge >= 0.3 is 18.4 Å². The highest BCUT2D eigenvalue weighted by atomic mass is 19.4. The highest BCUT2D eigenvalue weighted by Gasteiger charge is 2.36. The molecule has 1 saturated carbocycles. The minimum atomic E-state index is -4.84. The molecule has 1 aliphatic rings. The second kappa shape index (κ2) is 15.9. The molecule has 13 heteroatoms. The standard InChI is InChI=1S/C41H40F3N5O5/c1-40(2,3)54-39(52)46-25-27-9-7-14-33(21-27)49-34(23-35(48-49)41(42,43)44)37(50)47-32-13-8-12-31(22-32)36(53-38(51)45-24-26-15-16-26)30-19-17-29(18-20-30)28-10-5-4-6-11-28/h4-14,17-23,26,36H,15-16,24-25H2,1-3H3,(H,45,51)(H,46,52)(H,47,50). The van der Waals surface area contributed by atoms with E-state index in [2.05, 4.69) is 21.0 Å². The molecule has 0 radical (unpaired) electrons. The van der Waals surface area contributed by atoms with E-state index in [1.807, 2.05) is 54.6 Å². The molecular weight excluding hydrogens is 699 g/mol. The number of rotatable bonds is 11. The Hall–Kier alpha value is -6.11. The van der Waals surface area contributed by atoms with Crippen LogP contribution < -0.4 is 16.0 Å². The van der Waals surface area contributed by atoms with E-state index in [1.165, 1.54) is 12.1 Å². The van der Waals surface area contributed by atoms with Crippen molar-refractivity contribution in [2.75, 3.05) is 11.9 Å². The lowest BCUT2D eigenvalue weighted by molar-refractivity contribution is -0.141. The van der Waals surface area contributed by atoms with E-state index in [1.54, 1.807) is 57.2 Å². The highest BCUT2D eigenvalue weighted by molar-refractivity contribution is 6.03. The summed E-state index contributed by atoms with van der Waals surface area (Å²) in [4.78, 5) is 38.9. The number of alkyl halides is 3. The molecule has 1 fully saturated rings. The van der Waals surface area contributed by atoms with Crippen LogP contribution in [0.2, 0.25) is 0 Å². The maximum Gasteiger partial charge on any atom is 0.435 e. The number of aromatic nitrogens is 2. The van der Waals surface area contributed by atoms with Crippen molar-refractivity contribution in [1.82, 2.24) is 20.4 Å². The third kappa shape index (κ3) is 10.1. The van der Waals surface area contributed by atoms with Crippen molar-refractivity contribution in [2.24, 2.45) is 5.92 Å². The molecule has 1 aromatic heterocycles. The Morgan fingerprint density at radius 2 is 1.50 bits per heavy atom. The Bertz CT molecular complexity index is 2110. The van der Waals surface area contributed by atoms with E-state index in [0.29, 0.717) is 35.2 Å². The van der Waals surface area contributed by atoms with E-state index in [0.717, 1.165) is 28.7 Å². The van der Waals surface area contributed by atoms with Crippen LogP contribution in [-0.4, -0.2) is 40.0 Å². The van der Waals surface area contributed by atoms with Gasteiger partial charge in [-0.15, -0.1) is 0 Å². The first-order valence-electron chi connectivity index (χ1n) is 17.5. The van der Waals surface area contributed by atoms with E-state index in [4.69, 9.17) is 9.47 Å². The normalized spacial score (nSPS) is 13.4. The van der Waals surface area contributed by atoms with Gasteiger partial charge in [-0.2, -0.15) is 18.3 Å². The van der Waals surface area contributed by atoms with E-state index in [-0.39, 0.29) is 23.6 Å². The van der Waals surface area contributed by atoms with E-state index in [9.17, 15) is 27.6 Å². The molecule has 10 nitrogen and oxygen atoms in total. The van der Waals surface area contributed by atoms with Crippen LogP contribution in [0.3, 0.4) is 0 Å². The molecule has 54 heavy (non-hydrogen) atoms. The number of nitrogens with one attached hydrogen (secondary N) is 3. The van der Waals surface area contributed by atoms with Crippen LogP contribution >= 0.6 is 0 Å². The van der Waals surface area contributed by atoms with Crippen molar-refractivity contribution >= 4 is 23.8 Å². The molecule has 0 saturated heterocycles. The number of hydrogen-bond acceptors (Lipinski definition) is 6. The Morgan fingerprint density at radius 3 is 2.19 bits per heavy atom. The summed E-state index contributed by atoms with van der Waals surface area (Å²) in [6.45, 7) is 5.68. The molecule has 3 amide bonds. The fraction of sp³-hybridized carbons (Fsp3) is 0.268. The summed E-state index contributed by atoms with van der Waals surface area (Å²) in [6, 6.07) is 30.9. The summed E-state index contributed by atoms with van der Waals surface area (Å²) in [5.41, 5.74) is 1.78. The van der Waals surface area contributed by atoms with Crippen LogP contribution in [-0.2, 0) is 22.2 Å². The molecule has 0 spiro atoms. The first-order valence-corrected chi connectivity index (χ1v) is 17.5. The summed E-state index contributed by atoms with van der Waals surface area (Å²) < 4.78 is 53.9. The number of ether oxygens (including phenoxy) is 2. The number of benzene rings is 4. The zero-order valence-corrected chi connectivity index (χ0v) is 29.9. The van der Waals surface area contributed by atoms with Gasteiger partial charge in [-0.05, 0) is 91.6 Å². The van der Waals surface area contributed by atoms with Crippen LogP contribution in [0.15, 0.2) is 109 Å². The summed E-state index contributed by atoms with van der Waals surface area (Å²) in [5, 5.41) is 11.9. The molecule has 1 unspecified atom stereocenters. The molecule has 6 rings (SSSR count). The summed E-state index contributed by atoms with van der Waals surface area (Å²) in [6.07, 6.45) is -4.87. The van der Waals surface area contributed by atoms with E-state index >= 15 is 0 Å². The average Bonchev–Trinajstić information content (AvgIpc) is 3.85. The minimum Gasteiger partial charge on any atom is -0.444 e. The molecular formula is C41H40F3N5O5. The molecule has 0 aliphatic heterocycles. The molecule has 280 valence electrons. The summed E-state index contributed by atoms with van der Waals surface area (Å²) >= 11 is 0. The van der Waals surface area contributed by atoms with E-state index < -0.39 is 41.7 Å². The Morgan fingerprint density at radius 1 is 0.796 bits per heavy atom.